The number of anilines is 1. The lowest BCUT2D eigenvalue weighted by Gasteiger charge is -2.35. The summed E-state index contributed by atoms with van der Waals surface area (Å²) in [5.74, 6) is 0.202. The summed E-state index contributed by atoms with van der Waals surface area (Å²) in [6, 6.07) is 8.01. The first-order chi connectivity index (χ1) is 11.6. The van der Waals surface area contributed by atoms with Gasteiger partial charge in [-0.2, -0.15) is 0 Å². The monoisotopic (exact) mass is 330 g/mol. The topological polar surface area (TPSA) is 64.7 Å². The number of benzene rings is 1. The van der Waals surface area contributed by atoms with E-state index in [9.17, 15) is 9.59 Å². The van der Waals surface area contributed by atoms with E-state index < -0.39 is 0 Å². The van der Waals surface area contributed by atoms with E-state index in [2.05, 4.69) is 10.6 Å². The van der Waals surface area contributed by atoms with Gasteiger partial charge in [-0.25, -0.2) is 4.79 Å². The maximum absolute atomic E-state index is 12.3. The van der Waals surface area contributed by atoms with Gasteiger partial charge in [0, 0.05) is 44.3 Å². The zero-order valence-corrected chi connectivity index (χ0v) is 14.3. The minimum absolute atomic E-state index is 0.0924. The SMILES string of the molecule is Cc1cccc(NC(=O)N2CCN(C(=O)CC3CCCN3)CC2)c1. The average molecular weight is 330 g/mol. The molecule has 2 N–H and O–H groups in total. The molecule has 1 atom stereocenters. The van der Waals surface area contributed by atoms with Gasteiger partial charge in [-0.1, -0.05) is 12.1 Å². The van der Waals surface area contributed by atoms with Crippen molar-refractivity contribution < 1.29 is 9.59 Å². The molecule has 6 nitrogen and oxygen atoms in total. The number of aryl methyl sites for hydroxylation is 1. The Labute approximate surface area is 143 Å². The van der Waals surface area contributed by atoms with E-state index in [0.29, 0.717) is 38.6 Å². The molecule has 2 aliphatic rings. The summed E-state index contributed by atoms with van der Waals surface area (Å²) in [4.78, 5) is 28.3. The van der Waals surface area contributed by atoms with Crippen LogP contribution >= 0.6 is 0 Å². The lowest BCUT2D eigenvalue weighted by Crippen LogP contribution is -2.52. The van der Waals surface area contributed by atoms with Gasteiger partial charge in [-0.05, 0) is 44.0 Å². The zero-order valence-electron chi connectivity index (χ0n) is 14.3. The fourth-order valence-corrected chi connectivity index (χ4v) is 3.36. The second kappa shape index (κ2) is 7.66. The molecule has 0 bridgehead atoms. The third-order valence-electron chi connectivity index (χ3n) is 4.77. The van der Waals surface area contributed by atoms with Gasteiger partial charge in [0.2, 0.25) is 5.91 Å². The Bertz CT molecular complexity index is 590. The van der Waals surface area contributed by atoms with Gasteiger partial charge in [0.05, 0.1) is 0 Å². The molecule has 24 heavy (non-hydrogen) atoms. The number of nitrogens with zero attached hydrogens (tertiary/aromatic N) is 2. The highest BCUT2D eigenvalue weighted by Crippen LogP contribution is 2.14. The molecule has 130 valence electrons. The Morgan fingerprint density at radius 1 is 1.21 bits per heavy atom. The highest BCUT2D eigenvalue weighted by molar-refractivity contribution is 5.89. The normalized spacial score (nSPS) is 21.0. The van der Waals surface area contributed by atoms with Crippen molar-refractivity contribution in [1.29, 1.82) is 0 Å². The van der Waals surface area contributed by atoms with Gasteiger partial charge in [-0.3, -0.25) is 4.79 Å². The van der Waals surface area contributed by atoms with E-state index in [1.807, 2.05) is 36.1 Å². The van der Waals surface area contributed by atoms with Crippen LogP contribution in [-0.4, -0.2) is 60.5 Å². The third-order valence-corrected chi connectivity index (χ3v) is 4.77. The molecule has 1 unspecified atom stereocenters. The second-order valence-electron chi connectivity index (χ2n) is 6.66. The van der Waals surface area contributed by atoms with Gasteiger partial charge < -0.3 is 20.4 Å². The first-order valence-corrected chi connectivity index (χ1v) is 8.75. The first kappa shape index (κ1) is 16.8. The van der Waals surface area contributed by atoms with E-state index >= 15 is 0 Å². The number of hydrogen-bond acceptors (Lipinski definition) is 3. The van der Waals surface area contributed by atoms with Gasteiger partial charge in [0.15, 0.2) is 0 Å². The molecule has 0 aliphatic carbocycles. The van der Waals surface area contributed by atoms with Crippen LogP contribution in [0.4, 0.5) is 10.5 Å². The maximum atomic E-state index is 12.3. The number of piperazine rings is 1. The molecular formula is C18H26N4O2. The molecule has 0 radical (unpaired) electrons. The van der Waals surface area contributed by atoms with Crippen LogP contribution in [0.3, 0.4) is 0 Å². The number of carbonyl (C=O) groups excluding carboxylic acids is 2. The van der Waals surface area contributed by atoms with Crippen molar-refractivity contribution in [1.82, 2.24) is 15.1 Å². The van der Waals surface area contributed by atoms with Crippen LogP contribution in [0, 0.1) is 6.92 Å². The van der Waals surface area contributed by atoms with Gasteiger partial charge >= 0.3 is 6.03 Å². The van der Waals surface area contributed by atoms with E-state index in [1.165, 1.54) is 0 Å². The molecule has 3 amide bonds. The molecule has 0 spiro atoms. The fraction of sp³-hybridized carbons (Fsp3) is 0.556. The molecule has 2 heterocycles. The highest BCUT2D eigenvalue weighted by atomic mass is 16.2. The highest BCUT2D eigenvalue weighted by Gasteiger charge is 2.26. The zero-order chi connectivity index (χ0) is 16.9. The lowest BCUT2D eigenvalue weighted by atomic mass is 10.1. The molecule has 0 saturated carbocycles. The van der Waals surface area contributed by atoms with Gasteiger partial charge in [0.25, 0.3) is 0 Å². The summed E-state index contributed by atoms with van der Waals surface area (Å²) in [5.41, 5.74) is 1.93. The van der Waals surface area contributed by atoms with Crippen molar-refractivity contribution in [2.24, 2.45) is 0 Å². The Morgan fingerprint density at radius 3 is 2.62 bits per heavy atom. The molecule has 0 aromatic heterocycles. The van der Waals surface area contributed by atoms with E-state index in [4.69, 9.17) is 0 Å². The Balaban J connectivity index is 1.45. The minimum atomic E-state index is -0.0924. The molecule has 2 saturated heterocycles. The van der Waals surface area contributed by atoms with Crippen LogP contribution < -0.4 is 10.6 Å². The summed E-state index contributed by atoms with van der Waals surface area (Å²) in [5, 5.41) is 6.29. The largest absolute Gasteiger partial charge is 0.339 e. The van der Waals surface area contributed by atoms with E-state index in [-0.39, 0.29) is 11.9 Å². The van der Waals surface area contributed by atoms with Gasteiger partial charge in [0.1, 0.15) is 0 Å². The van der Waals surface area contributed by atoms with Crippen LogP contribution in [0.1, 0.15) is 24.8 Å². The fourth-order valence-electron chi connectivity index (χ4n) is 3.36. The van der Waals surface area contributed by atoms with Crippen LogP contribution in [0.15, 0.2) is 24.3 Å². The molecule has 1 aromatic rings. The quantitative estimate of drug-likeness (QED) is 0.888. The predicted molar refractivity (Wildman–Crippen MR) is 94.0 cm³/mol. The molecule has 2 fully saturated rings. The Hall–Kier alpha value is -2.08. The molecule has 2 aliphatic heterocycles. The van der Waals surface area contributed by atoms with Crippen molar-refractivity contribution in [3.05, 3.63) is 29.8 Å². The third kappa shape index (κ3) is 4.26. The number of carbonyl (C=O) groups is 2. The Morgan fingerprint density at radius 2 is 1.96 bits per heavy atom. The van der Waals surface area contributed by atoms with E-state index in [1.54, 1.807) is 4.90 Å². The van der Waals surface area contributed by atoms with E-state index in [0.717, 1.165) is 30.6 Å². The van der Waals surface area contributed by atoms with Gasteiger partial charge in [-0.15, -0.1) is 0 Å². The van der Waals surface area contributed by atoms with Crippen molar-refractivity contribution >= 4 is 17.6 Å². The number of amides is 3. The van der Waals surface area contributed by atoms with Crippen molar-refractivity contribution in [3.63, 3.8) is 0 Å². The first-order valence-electron chi connectivity index (χ1n) is 8.75. The molecule has 1 aromatic carbocycles. The predicted octanol–water partition coefficient (Wildman–Crippen LogP) is 1.81. The maximum Gasteiger partial charge on any atom is 0.321 e. The summed E-state index contributed by atoms with van der Waals surface area (Å²) in [7, 11) is 0. The lowest BCUT2D eigenvalue weighted by molar-refractivity contribution is -0.133. The number of rotatable bonds is 3. The summed E-state index contributed by atoms with van der Waals surface area (Å²) in [6.45, 7) is 5.42. The summed E-state index contributed by atoms with van der Waals surface area (Å²) >= 11 is 0. The van der Waals surface area contributed by atoms with Crippen LogP contribution in [0.2, 0.25) is 0 Å². The summed E-state index contributed by atoms with van der Waals surface area (Å²) in [6.07, 6.45) is 2.82. The number of urea groups is 1. The van der Waals surface area contributed by atoms with Crippen LogP contribution in [0.25, 0.3) is 0 Å². The number of hydrogen-bond donors (Lipinski definition) is 2. The standard InChI is InChI=1S/C18H26N4O2/c1-14-4-2-5-16(12-14)20-18(24)22-10-8-21(9-11-22)17(23)13-15-6-3-7-19-15/h2,4-5,12,15,19H,3,6-11,13H2,1H3,(H,20,24). The molecular weight excluding hydrogens is 304 g/mol. The molecule has 3 rings (SSSR count). The van der Waals surface area contributed by atoms with Crippen LogP contribution in [-0.2, 0) is 4.79 Å². The average Bonchev–Trinajstić information content (AvgIpc) is 3.08. The van der Waals surface area contributed by atoms with Crippen molar-refractivity contribution in [3.8, 4) is 0 Å². The smallest absolute Gasteiger partial charge is 0.321 e. The Kier molecular flexibility index (Phi) is 5.35. The second-order valence-corrected chi connectivity index (χ2v) is 6.66. The van der Waals surface area contributed by atoms with Crippen LogP contribution in [0.5, 0.6) is 0 Å². The minimum Gasteiger partial charge on any atom is -0.339 e. The number of nitrogens with one attached hydrogen (secondary N) is 2. The van der Waals surface area contributed by atoms with Crippen molar-refractivity contribution in [2.45, 2.75) is 32.2 Å². The van der Waals surface area contributed by atoms with Crippen molar-refractivity contribution in [2.75, 3.05) is 38.0 Å². The molecule has 6 heteroatoms. The summed E-state index contributed by atoms with van der Waals surface area (Å²) < 4.78 is 0.